The van der Waals surface area contributed by atoms with E-state index >= 15 is 0 Å². The van der Waals surface area contributed by atoms with E-state index in [0.29, 0.717) is 25.4 Å². The molecule has 1 atom stereocenters. The van der Waals surface area contributed by atoms with Gasteiger partial charge in [-0.1, -0.05) is 6.92 Å². The number of ether oxygens (including phenoxy) is 1. The molecule has 1 rings (SSSR count). The lowest BCUT2D eigenvalue weighted by molar-refractivity contribution is -0.133. The maximum atomic E-state index is 12.7. The second-order valence-electron chi connectivity index (χ2n) is 4.87. The standard InChI is InChI=1S/C15H23FN2O2.ClH/c1-12(11-17-2)15(19)18(3)9-4-10-20-14-7-5-13(16)6-8-14;/h5-8,12,17H,4,9-11H2,1-3H3;1H. The molecule has 1 aromatic carbocycles. The monoisotopic (exact) mass is 318 g/mol. The van der Waals surface area contributed by atoms with Crippen LogP contribution in [-0.2, 0) is 4.79 Å². The third kappa shape index (κ3) is 7.29. The fraction of sp³-hybridized carbons (Fsp3) is 0.533. The molecule has 1 amide bonds. The summed E-state index contributed by atoms with van der Waals surface area (Å²) < 4.78 is 18.2. The third-order valence-electron chi connectivity index (χ3n) is 3.03. The second kappa shape index (κ2) is 10.4. The van der Waals surface area contributed by atoms with Gasteiger partial charge < -0.3 is 15.0 Å². The molecule has 0 saturated carbocycles. The summed E-state index contributed by atoms with van der Waals surface area (Å²) in [5, 5.41) is 2.99. The third-order valence-corrected chi connectivity index (χ3v) is 3.03. The number of hydrogen-bond acceptors (Lipinski definition) is 3. The van der Waals surface area contributed by atoms with Gasteiger partial charge in [0.25, 0.3) is 0 Å². The minimum absolute atomic E-state index is 0. The van der Waals surface area contributed by atoms with Crippen molar-refractivity contribution >= 4 is 18.3 Å². The van der Waals surface area contributed by atoms with Gasteiger partial charge in [-0.2, -0.15) is 0 Å². The summed E-state index contributed by atoms with van der Waals surface area (Å²) >= 11 is 0. The molecule has 1 unspecified atom stereocenters. The number of nitrogens with one attached hydrogen (secondary N) is 1. The Labute approximate surface area is 132 Å². The Morgan fingerprint density at radius 2 is 2.00 bits per heavy atom. The largest absolute Gasteiger partial charge is 0.494 e. The van der Waals surface area contributed by atoms with Crippen molar-refractivity contribution in [2.45, 2.75) is 13.3 Å². The molecule has 0 spiro atoms. The van der Waals surface area contributed by atoms with Crippen molar-refractivity contribution in [3.05, 3.63) is 30.1 Å². The Morgan fingerprint density at radius 3 is 2.57 bits per heavy atom. The van der Waals surface area contributed by atoms with Gasteiger partial charge in [-0.15, -0.1) is 12.4 Å². The summed E-state index contributed by atoms with van der Waals surface area (Å²) in [5.41, 5.74) is 0. The summed E-state index contributed by atoms with van der Waals surface area (Å²) in [5.74, 6) is 0.467. The van der Waals surface area contributed by atoms with Crippen LogP contribution in [0.1, 0.15) is 13.3 Å². The van der Waals surface area contributed by atoms with Crippen molar-refractivity contribution in [2.75, 3.05) is 33.8 Å². The molecule has 4 nitrogen and oxygen atoms in total. The number of carbonyl (C=O) groups is 1. The van der Waals surface area contributed by atoms with Gasteiger partial charge in [0.2, 0.25) is 5.91 Å². The SMILES string of the molecule is CNCC(C)C(=O)N(C)CCCOc1ccc(F)cc1.Cl. The van der Waals surface area contributed by atoms with E-state index in [2.05, 4.69) is 5.32 Å². The average Bonchev–Trinajstić information content (AvgIpc) is 2.44. The Balaban J connectivity index is 0.00000400. The molecule has 21 heavy (non-hydrogen) atoms. The van der Waals surface area contributed by atoms with Gasteiger partial charge in [0.05, 0.1) is 6.61 Å². The molecule has 120 valence electrons. The Hall–Kier alpha value is -1.33. The van der Waals surface area contributed by atoms with E-state index in [0.717, 1.165) is 6.42 Å². The van der Waals surface area contributed by atoms with E-state index in [-0.39, 0.29) is 30.0 Å². The minimum atomic E-state index is -0.277. The van der Waals surface area contributed by atoms with E-state index in [1.54, 1.807) is 24.1 Å². The van der Waals surface area contributed by atoms with E-state index in [1.807, 2.05) is 14.0 Å². The lowest BCUT2D eigenvalue weighted by atomic mass is 10.1. The van der Waals surface area contributed by atoms with Crippen molar-refractivity contribution in [3.63, 3.8) is 0 Å². The zero-order valence-electron chi connectivity index (χ0n) is 12.8. The minimum Gasteiger partial charge on any atom is -0.494 e. The number of hydrogen-bond donors (Lipinski definition) is 1. The van der Waals surface area contributed by atoms with Crippen LogP contribution in [0.25, 0.3) is 0 Å². The van der Waals surface area contributed by atoms with Crippen LogP contribution >= 0.6 is 12.4 Å². The van der Waals surface area contributed by atoms with Crippen LogP contribution in [0.5, 0.6) is 5.75 Å². The number of carbonyl (C=O) groups excluding carboxylic acids is 1. The molecule has 0 radical (unpaired) electrons. The molecule has 0 aromatic heterocycles. The fourth-order valence-corrected chi connectivity index (χ4v) is 1.90. The highest BCUT2D eigenvalue weighted by Gasteiger charge is 2.15. The Kier molecular flexibility index (Phi) is 9.75. The topological polar surface area (TPSA) is 41.6 Å². The van der Waals surface area contributed by atoms with Gasteiger partial charge >= 0.3 is 0 Å². The number of halogens is 2. The second-order valence-corrected chi connectivity index (χ2v) is 4.87. The van der Waals surface area contributed by atoms with Gasteiger partial charge in [-0.3, -0.25) is 4.79 Å². The predicted molar refractivity (Wildman–Crippen MR) is 84.5 cm³/mol. The number of amides is 1. The summed E-state index contributed by atoms with van der Waals surface area (Å²) in [6.45, 7) is 3.73. The molecule has 1 N–H and O–H groups in total. The molecule has 0 aliphatic heterocycles. The van der Waals surface area contributed by atoms with Crippen molar-refractivity contribution in [3.8, 4) is 5.75 Å². The average molecular weight is 319 g/mol. The molecule has 1 aromatic rings. The molecular weight excluding hydrogens is 295 g/mol. The lowest BCUT2D eigenvalue weighted by Gasteiger charge is -2.21. The van der Waals surface area contributed by atoms with Crippen molar-refractivity contribution < 1.29 is 13.9 Å². The Morgan fingerprint density at radius 1 is 1.38 bits per heavy atom. The van der Waals surface area contributed by atoms with E-state index in [1.165, 1.54) is 12.1 Å². The first-order valence-corrected chi connectivity index (χ1v) is 6.82. The first-order chi connectivity index (χ1) is 9.54. The summed E-state index contributed by atoms with van der Waals surface area (Å²) in [6, 6.07) is 5.92. The smallest absolute Gasteiger partial charge is 0.226 e. The maximum Gasteiger partial charge on any atom is 0.226 e. The van der Waals surface area contributed by atoms with E-state index in [9.17, 15) is 9.18 Å². The highest BCUT2D eigenvalue weighted by Crippen LogP contribution is 2.11. The van der Waals surface area contributed by atoms with E-state index in [4.69, 9.17) is 4.74 Å². The predicted octanol–water partition coefficient (Wildman–Crippen LogP) is 2.33. The van der Waals surface area contributed by atoms with E-state index < -0.39 is 0 Å². The van der Waals surface area contributed by atoms with Crippen molar-refractivity contribution in [2.24, 2.45) is 5.92 Å². The zero-order valence-corrected chi connectivity index (χ0v) is 13.6. The normalized spacial score (nSPS) is 11.4. The van der Waals surface area contributed by atoms with Crippen molar-refractivity contribution in [1.29, 1.82) is 0 Å². The van der Waals surface area contributed by atoms with Crippen LogP contribution < -0.4 is 10.1 Å². The highest BCUT2D eigenvalue weighted by molar-refractivity contribution is 5.85. The number of rotatable bonds is 8. The van der Waals surface area contributed by atoms with Gasteiger partial charge in [-0.25, -0.2) is 4.39 Å². The maximum absolute atomic E-state index is 12.7. The van der Waals surface area contributed by atoms with Crippen LogP contribution in [0.2, 0.25) is 0 Å². The van der Waals surface area contributed by atoms with Crippen LogP contribution in [0.4, 0.5) is 4.39 Å². The molecule has 0 heterocycles. The molecular formula is C15H24ClFN2O2. The van der Waals surface area contributed by atoms with Crippen molar-refractivity contribution in [1.82, 2.24) is 10.2 Å². The highest BCUT2D eigenvalue weighted by atomic mass is 35.5. The van der Waals surface area contributed by atoms with Crippen LogP contribution in [0.15, 0.2) is 24.3 Å². The summed E-state index contributed by atoms with van der Waals surface area (Å²) in [6.07, 6.45) is 0.742. The fourth-order valence-electron chi connectivity index (χ4n) is 1.90. The van der Waals surface area contributed by atoms with Crippen LogP contribution in [-0.4, -0.2) is 44.6 Å². The van der Waals surface area contributed by atoms with Crippen LogP contribution in [0.3, 0.4) is 0 Å². The number of benzene rings is 1. The summed E-state index contributed by atoms with van der Waals surface area (Å²) in [4.78, 5) is 13.7. The molecule has 0 saturated heterocycles. The molecule has 0 aliphatic rings. The number of nitrogens with zero attached hydrogens (tertiary/aromatic N) is 1. The van der Waals surface area contributed by atoms with Gasteiger partial charge in [-0.05, 0) is 37.7 Å². The lowest BCUT2D eigenvalue weighted by Crippen LogP contribution is -2.36. The Bertz CT molecular complexity index is 415. The van der Waals surface area contributed by atoms with Gasteiger partial charge in [0.15, 0.2) is 0 Å². The van der Waals surface area contributed by atoms with Crippen LogP contribution in [0, 0.1) is 11.7 Å². The molecule has 0 bridgehead atoms. The molecule has 0 fully saturated rings. The molecule has 6 heteroatoms. The summed E-state index contributed by atoms with van der Waals surface area (Å²) in [7, 11) is 3.63. The van der Waals surface area contributed by atoms with Gasteiger partial charge in [0, 0.05) is 26.1 Å². The quantitative estimate of drug-likeness (QED) is 0.748. The molecule has 0 aliphatic carbocycles. The first kappa shape index (κ1) is 19.7. The zero-order chi connectivity index (χ0) is 15.0. The van der Waals surface area contributed by atoms with Gasteiger partial charge in [0.1, 0.15) is 11.6 Å². The first-order valence-electron chi connectivity index (χ1n) is 6.82.